The van der Waals surface area contributed by atoms with Crippen molar-refractivity contribution in [1.29, 1.82) is 0 Å². The van der Waals surface area contributed by atoms with Gasteiger partial charge in [0.25, 0.3) is 0 Å². The van der Waals surface area contributed by atoms with Crippen molar-refractivity contribution >= 4 is 47.6 Å². The molecule has 8 nitrogen and oxygen atoms in total. The normalized spacial score (nSPS) is 16.7. The molecule has 1 fully saturated rings. The highest BCUT2D eigenvalue weighted by Crippen LogP contribution is 2.19. The van der Waals surface area contributed by atoms with Crippen LogP contribution < -0.4 is 16.4 Å². The van der Waals surface area contributed by atoms with Crippen LogP contribution >= 0.6 is 24.0 Å². The standard InChI is InChI=1S/C19H29N5O3.HI/c1-3-21-18(24-10-4-5-15(13-24)11-17(20)25)22-12-14-6-8-16(9-7-14)23-19(26)27-2;/h6-9,15H,3-5,10-13H2,1-2H3,(H2,20,25)(H,21,22)(H,23,26);1H. The van der Waals surface area contributed by atoms with Crippen LogP contribution in [0.15, 0.2) is 29.3 Å². The van der Waals surface area contributed by atoms with Crippen molar-refractivity contribution in [1.82, 2.24) is 10.2 Å². The lowest BCUT2D eigenvalue weighted by Gasteiger charge is -2.34. The first-order valence-corrected chi connectivity index (χ1v) is 9.27. The van der Waals surface area contributed by atoms with Crippen molar-refractivity contribution < 1.29 is 14.3 Å². The second-order valence-electron chi connectivity index (χ2n) is 6.61. The molecule has 1 aromatic carbocycles. The van der Waals surface area contributed by atoms with E-state index in [0.29, 0.717) is 18.7 Å². The minimum Gasteiger partial charge on any atom is -0.453 e. The van der Waals surface area contributed by atoms with Crippen molar-refractivity contribution in [2.45, 2.75) is 32.7 Å². The zero-order chi connectivity index (χ0) is 19.6. The Hall–Kier alpha value is -2.04. The van der Waals surface area contributed by atoms with Gasteiger partial charge in [-0.1, -0.05) is 12.1 Å². The van der Waals surface area contributed by atoms with Gasteiger partial charge in [0.15, 0.2) is 5.96 Å². The first-order chi connectivity index (χ1) is 13.0. The van der Waals surface area contributed by atoms with Crippen LogP contribution in [-0.4, -0.2) is 49.6 Å². The number of primary amides is 1. The lowest BCUT2D eigenvalue weighted by atomic mass is 9.95. The number of methoxy groups -OCH3 is 1. The summed E-state index contributed by atoms with van der Waals surface area (Å²) in [6, 6.07) is 7.48. The molecule has 1 heterocycles. The fourth-order valence-corrected chi connectivity index (χ4v) is 3.16. The van der Waals surface area contributed by atoms with Gasteiger partial charge in [-0.2, -0.15) is 0 Å². The van der Waals surface area contributed by atoms with Gasteiger partial charge in [-0.3, -0.25) is 10.1 Å². The first kappa shape index (κ1) is 24.0. The topological polar surface area (TPSA) is 109 Å². The summed E-state index contributed by atoms with van der Waals surface area (Å²) in [5.74, 6) is 0.886. The lowest BCUT2D eigenvalue weighted by molar-refractivity contribution is -0.119. The Morgan fingerprint density at radius 2 is 2.04 bits per heavy atom. The average molecular weight is 503 g/mol. The van der Waals surface area contributed by atoms with Gasteiger partial charge < -0.3 is 20.7 Å². The maximum atomic E-state index is 11.2. The van der Waals surface area contributed by atoms with Crippen LogP contribution in [-0.2, 0) is 16.1 Å². The smallest absolute Gasteiger partial charge is 0.411 e. The molecule has 1 aliphatic heterocycles. The van der Waals surface area contributed by atoms with Gasteiger partial charge >= 0.3 is 6.09 Å². The highest BCUT2D eigenvalue weighted by atomic mass is 127. The Kier molecular flexibility index (Phi) is 10.6. The molecule has 9 heteroatoms. The first-order valence-electron chi connectivity index (χ1n) is 9.27. The molecule has 1 atom stereocenters. The monoisotopic (exact) mass is 503 g/mol. The van der Waals surface area contributed by atoms with Crippen LogP contribution in [0.25, 0.3) is 0 Å². The van der Waals surface area contributed by atoms with Crippen molar-refractivity contribution in [3.63, 3.8) is 0 Å². The van der Waals surface area contributed by atoms with Gasteiger partial charge in [-0.15, -0.1) is 24.0 Å². The third-order valence-corrected chi connectivity index (χ3v) is 4.44. The molecule has 156 valence electrons. The molecule has 1 unspecified atom stereocenters. The molecule has 2 rings (SSSR count). The average Bonchev–Trinajstić information content (AvgIpc) is 2.66. The number of nitrogens with zero attached hydrogens (tertiary/aromatic N) is 2. The van der Waals surface area contributed by atoms with Crippen molar-refractivity contribution in [2.75, 3.05) is 32.1 Å². The van der Waals surface area contributed by atoms with Crippen molar-refractivity contribution in [2.24, 2.45) is 16.6 Å². The number of guanidine groups is 1. The quantitative estimate of drug-likeness (QED) is 0.314. The van der Waals surface area contributed by atoms with Gasteiger partial charge in [0.2, 0.25) is 5.91 Å². The molecule has 0 bridgehead atoms. The summed E-state index contributed by atoms with van der Waals surface area (Å²) in [6.07, 6.45) is 1.97. The third-order valence-electron chi connectivity index (χ3n) is 4.44. The molecular weight excluding hydrogens is 473 g/mol. The summed E-state index contributed by atoms with van der Waals surface area (Å²) in [5.41, 5.74) is 7.06. The number of carbonyl (C=O) groups is 2. The van der Waals surface area contributed by atoms with Crippen LogP contribution in [0, 0.1) is 5.92 Å². The van der Waals surface area contributed by atoms with Crippen LogP contribution in [0.1, 0.15) is 31.7 Å². The van der Waals surface area contributed by atoms with E-state index in [4.69, 9.17) is 10.7 Å². The van der Waals surface area contributed by atoms with E-state index in [2.05, 4.69) is 20.3 Å². The fourth-order valence-electron chi connectivity index (χ4n) is 3.16. The van der Waals surface area contributed by atoms with E-state index in [1.165, 1.54) is 7.11 Å². The Bertz CT molecular complexity index is 666. The second kappa shape index (κ2) is 12.4. The predicted molar refractivity (Wildman–Crippen MR) is 121 cm³/mol. The molecular formula is C19H30IN5O3. The lowest BCUT2D eigenvalue weighted by Crippen LogP contribution is -2.47. The van der Waals surface area contributed by atoms with E-state index in [9.17, 15) is 9.59 Å². The van der Waals surface area contributed by atoms with E-state index in [-0.39, 0.29) is 35.8 Å². The number of hydrogen-bond acceptors (Lipinski definition) is 4. The van der Waals surface area contributed by atoms with Crippen LogP contribution in [0.5, 0.6) is 0 Å². The molecule has 1 aliphatic rings. The Labute approximate surface area is 183 Å². The minimum atomic E-state index is -0.495. The number of nitrogens with two attached hydrogens (primary N) is 1. The number of rotatable bonds is 6. The van der Waals surface area contributed by atoms with Crippen LogP contribution in [0.4, 0.5) is 10.5 Å². The largest absolute Gasteiger partial charge is 0.453 e. The number of ether oxygens (including phenoxy) is 1. The molecule has 0 aliphatic carbocycles. The van der Waals surface area contributed by atoms with Crippen LogP contribution in [0.2, 0.25) is 0 Å². The summed E-state index contributed by atoms with van der Waals surface area (Å²) in [5, 5.41) is 5.95. The van der Waals surface area contributed by atoms with E-state index < -0.39 is 6.09 Å². The zero-order valence-corrected chi connectivity index (χ0v) is 18.8. The molecule has 28 heavy (non-hydrogen) atoms. The Morgan fingerprint density at radius 1 is 1.32 bits per heavy atom. The van der Waals surface area contributed by atoms with E-state index in [0.717, 1.165) is 44.0 Å². The fraction of sp³-hybridized carbons (Fsp3) is 0.526. The number of likely N-dealkylation sites (tertiary alicyclic amines) is 1. The number of aliphatic imine (C=N–C) groups is 1. The number of hydrogen-bond donors (Lipinski definition) is 3. The van der Waals surface area contributed by atoms with E-state index in [1.54, 1.807) is 0 Å². The maximum absolute atomic E-state index is 11.2. The van der Waals surface area contributed by atoms with Crippen molar-refractivity contribution in [3.8, 4) is 0 Å². The summed E-state index contributed by atoms with van der Waals surface area (Å²) >= 11 is 0. The van der Waals surface area contributed by atoms with E-state index in [1.807, 2.05) is 31.2 Å². The minimum absolute atomic E-state index is 0. The highest BCUT2D eigenvalue weighted by Gasteiger charge is 2.23. The van der Waals surface area contributed by atoms with Gasteiger partial charge in [-0.05, 0) is 43.4 Å². The number of amides is 2. The molecule has 0 saturated carbocycles. The summed E-state index contributed by atoms with van der Waals surface area (Å²) in [6.45, 7) is 5.04. The molecule has 0 radical (unpaired) electrons. The Balaban J connectivity index is 0.00000392. The molecule has 1 saturated heterocycles. The van der Waals surface area contributed by atoms with Gasteiger partial charge in [0, 0.05) is 31.7 Å². The summed E-state index contributed by atoms with van der Waals surface area (Å²) < 4.78 is 4.58. The van der Waals surface area contributed by atoms with Gasteiger partial charge in [-0.25, -0.2) is 9.79 Å². The Morgan fingerprint density at radius 3 is 2.64 bits per heavy atom. The number of benzene rings is 1. The summed E-state index contributed by atoms with van der Waals surface area (Å²) in [4.78, 5) is 29.4. The molecule has 4 N–H and O–H groups in total. The van der Waals surface area contributed by atoms with Crippen LogP contribution in [0.3, 0.4) is 0 Å². The highest BCUT2D eigenvalue weighted by molar-refractivity contribution is 14.0. The second-order valence-corrected chi connectivity index (χ2v) is 6.61. The molecule has 0 aromatic heterocycles. The molecule has 0 spiro atoms. The number of piperidine rings is 1. The van der Waals surface area contributed by atoms with E-state index >= 15 is 0 Å². The third kappa shape index (κ3) is 7.91. The SMILES string of the molecule is CCNC(=NCc1ccc(NC(=O)OC)cc1)N1CCCC(CC(N)=O)C1.I. The number of anilines is 1. The number of nitrogens with one attached hydrogen (secondary N) is 2. The summed E-state index contributed by atoms with van der Waals surface area (Å²) in [7, 11) is 1.33. The molecule has 2 amide bonds. The molecule has 1 aromatic rings. The number of halogens is 1. The predicted octanol–water partition coefficient (Wildman–Crippen LogP) is 2.54. The van der Waals surface area contributed by atoms with Gasteiger partial charge in [0.1, 0.15) is 0 Å². The number of carbonyl (C=O) groups excluding carboxylic acids is 2. The van der Waals surface area contributed by atoms with Gasteiger partial charge in [0.05, 0.1) is 13.7 Å². The maximum Gasteiger partial charge on any atom is 0.411 e. The zero-order valence-electron chi connectivity index (χ0n) is 16.4. The van der Waals surface area contributed by atoms with Crippen molar-refractivity contribution in [3.05, 3.63) is 29.8 Å².